The molecule has 2 atom stereocenters. The van der Waals surface area contributed by atoms with Gasteiger partial charge in [-0.1, -0.05) is 6.92 Å². The number of hydrogen-bond donors (Lipinski definition) is 1. The van der Waals surface area contributed by atoms with E-state index in [0.29, 0.717) is 6.61 Å². The van der Waals surface area contributed by atoms with Gasteiger partial charge >= 0.3 is 0 Å². The second-order valence-corrected chi connectivity index (χ2v) is 3.09. The molecule has 0 aromatic carbocycles. The molecule has 2 unspecified atom stereocenters. The van der Waals surface area contributed by atoms with E-state index >= 15 is 0 Å². The van der Waals surface area contributed by atoms with Crippen LogP contribution in [0.1, 0.15) is 26.2 Å². The van der Waals surface area contributed by atoms with Crippen LogP contribution < -0.4 is 0 Å². The molecule has 1 aliphatic rings. The third kappa shape index (κ3) is 2.15. The Morgan fingerprint density at radius 3 is 2.82 bits per heavy atom. The molecular weight excluding hydrogens is 144 g/mol. The van der Waals surface area contributed by atoms with Crippen LogP contribution in [0.25, 0.3) is 0 Å². The van der Waals surface area contributed by atoms with Crippen molar-refractivity contribution in [3.05, 3.63) is 0 Å². The minimum atomic E-state index is -0.602. The fourth-order valence-corrected chi connectivity index (χ4v) is 1.25. The van der Waals surface area contributed by atoms with Gasteiger partial charge in [-0.05, 0) is 12.8 Å². The molecule has 3 nitrogen and oxygen atoms in total. The predicted octanol–water partition coefficient (Wildman–Crippen LogP) is 0.910. The lowest BCUT2D eigenvalue weighted by Gasteiger charge is -2.34. The standard InChI is InChI=1S/C8H16O3/c1-3-8(9)5-4-7(10-2)11-6-8/h7,9H,3-6H2,1-2H3. The third-order valence-corrected chi connectivity index (χ3v) is 2.30. The third-order valence-electron chi connectivity index (χ3n) is 2.30. The second-order valence-electron chi connectivity index (χ2n) is 3.09. The van der Waals surface area contributed by atoms with E-state index in [0.717, 1.165) is 19.3 Å². The van der Waals surface area contributed by atoms with Crippen molar-refractivity contribution in [1.82, 2.24) is 0 Å². The highest BCUT2D eigenvalue weighted by molar-refractivity contribution is 4.80. The van der Waals surface area contributed by atoms with Crippen molar-refractivity contribution in [3.63, 3.8) is 0 Å². The van der Waals surface area contributed by atoms with Gasteiger partial charge in [0.15, 0.2) is 6.29 Å². The summed E-state index contributed by atoms with van der Waals surface area (Å²) >= 11 is 0. The molecule has 0 radical (unpaired) electrons. The molecule has 11 heavy (non-hydrogen) atoms. The average Bonchev–Trinajstić information content (AvgIpc) is 2.06. The number of hydrogen-bond acceptors (Lipinski definition) is 3. The molecule has 0 aromatic rings. The van der Waals surface area contributed by atoms with Gasteiger partial charge in [-0.25, -0.2) is 0 Å². The van der Waals surface area contributed by atoms with Crippen LogP contribution in [0.3, 0.4) is 0 Å². The second kappa shape index (κ2) is 3.52. The van der Waals surface area contributed by atoms with E-state index in [1.165, 1.54) is 0 Å². The van der Waals surface area contributed by atoms with E-state index < -0.39 is 5.60 Å². The van der Waals surface area contributed by atoms with Gasteiger partial charge in [0, 0.05) is 13.5 Å². The first-order valence-electron chi connectivity index (χ1n) is 4.07. The van der Waals surface area contributed by atoms with Crippen molar-refractivity contribution in [2.45, 2.75) is 38.1 Å². The quantitative estimate of drug-likeness (QED) is 0.652. The minimum Gasteiger partial charge on any atom is -0.387 e. The molecule has 0 aliphatic carbocycles. The summed E-state index contributed by atoms with van der Waals surface area (Å²) in [6, 6.07) is 0. The van der Waals surface area contributed by atoms with Crippen LogP contribution in [-0.2, 0) is 9.47 Å². The van der Waals surface area contributed by atoms with Gasteiger partial charge in [-0.3, -0.25) is 0 Å². The van der Waals surface area contributed by atoms with Crippen LogP contribution in [0, 0.1) is 0 Å². The van der Waals surface area contributed by atoms with Gasteiger partial charge < -0.3 is 14.6 Å². The fourth-order valence-electron chi connectivity index (χ4n) is 1.25. The van der Waals surface area contributed by atoms with Gasteiger partial charge in [0.1, 0.15) is 0 Å². The Morgan fingerprint density at radius 1 is 1.73 bits per heavy atom. The van der Waals surface area contributed by atoms with Gasteiger partial charge in [-0.15, -0.1) is 0 Å². The Labute approximate surface area is 67.3 Å². The summed E-state index contributed by atoms with van der Waals surface area (Å²) in [4.78, 5) is 0. The fraction of sp³-hybridized carbons (Fsp3) is 1.00. The molecule has 0 spiro atoms. The summed E-state index contributed by atoms with van der Waals surface area (Å²) in [5.74, 6) is 0. The monoisotopic (exact) mass is 160 g/mol. The molecule has 1 rings (SSSR count). The Balaban J connectivity index is 2.35. The van der Waals surface area contributed by atoms with Gasteiger partial charge in [0.05, 0.1) is 12.2 Å². The predicted molar refractivity (Wildman–Crippen MR) is 41.2 cm³/mol. The molecule has 1 saturated heterocycles. The van der Waals surface area contributed by atoms with Crippen LogP contribution in [0.15, 0.2) is 0 Å². The van der Waals surface area contributed by atoms with Crippen molar-refractivity contribution in [2.75, 3.05) is 13.7 Å². The summed E-state index contributed by atoms with van der Waals surface area (Å²) in [6.45, 7) is 2.37. The molecular formula is C8H16O3. The zero-order valence-corrected chi connectivity index (χ0v) is 7.17. The van der Waals surface area contributed by atoms with E-state index in [4.69, 9.17) is 9.47 Å². The lowest BCUT2D eigenvalue weighted by Crippen LogP contribution is -2.41. The molecule has 1 N–H and O–H groups in total. The molecule has 0 bridgehead atoms. The minimum absolute atomic E-state index is 0.109. The normalized spacial score (nSPS) is 39.0. The highest BCUT2D eigenvalue weighted by Gasteiger charge is 2.31. The average molecular weight is 160 g/mol. The Bertz CT molecular complexity index is 117. The summed E-state index contributed by atoms with van der Waals surface area (Å²) in [5.41, 5.74) is -0.602. The van der Waals surface area contributed by atoms with E-state index in [9.17, 15) is 5.11 Å². The first kappa shape index (κ1) is 8.97. The van der Waals surface area contributed by atoms with Gasteiger partial charge in [0.2, 0.25) is 0 Å². The van der Waals surface area contributed by atoms with Crippen LogP contribution in [0.4, 0.5) is 0 Å². The van der Waals surface area contributed by atoms with Gasteiger partial charge in [-0.2, -0.15) is 0 Å². The van der Waals surface area contributed by atoms with Crippen LogP contribution >= 0.6 is 0 Å². The van der Waals surface area contributed by atoms with E-state index in [1.54, 1.807) is 7.11 Å². The summed E-state index contributed by atoms with van der Waals surface area (Å²) in [7, 11) is 1.63. The molecule has 0 saturated carbocycles. The molecule has 0 amide bonds. The van der Waals surface area contributed by atoms with E-state index in [2.05, 4.69) is 0 Å². The number of rotatable bonds is 2. The summed E-state index contributed by atoms with van der Waals surface area (Å²) in [6.07, 6.45) is 2.22. The maximum atomic E-state index is 9.71. The summed E-state index contributed by atoms with van der Waals surface area (Å²) < 4.78 is 10.3. The topological polar surface area (TPSA) is 38.7 Å². The number of methoxy groups -OCH3 is 1. The van der Waals surface area contributed by atoms with E-state index in [-0.39, 0.29) is 6.29 Å². The van der Waals surface area contributed by atoms with Crippen molar-refractivity contribution < 1.29 is 14.6 Å². The highest BCUT2D eigenvalue weighted by atomic mass is 16.7. The van der Waals surface area contributed by atoms with Crippen molar-refractivity contribution in [1.29, 1.82) is 0 Å². The van der Waals surface area contributed by atoms with Crippen LogP contribution in [0.5, 0.6) is 0 Å². The number of aliphatic hydroxyl groups is 1. The molecule has 0 aromatic heterocycles. The van der Waals surface area contributed by atoms with Crippen LogP contribution in [-0.4, -0.2) is 30.7 Å². The van der Waals surface area contributed by atoms with Crippen LogP contribution in [0.2, 0.25) is 0 Å². The smallest absolute Gasteiger partial charge is 0.157 e. The van der Waals surface area contributed by atoms with Crippen molar-refractivity contribution >= 4 is 0 Å². The zero-order valence-electron chi connectivity index (χ0n) is 7.17. The Morgan fingerprint density at radius 2 is 2.45 bits per heavy atom. The zero-order chi connectivity index (χ0) is 8.32. The first-order chi connectivity index (χ1) is 5.20. The maximum Gasteiger partial charge on any atom is 0.157 e. The Kier molecular flexibility index (Phi) is 2.87. The lowest BCUT2D eigenvalue weighted by atomic mass is 9.93. The molecule has 66 valence electrons. The Hall–Kier alpha value is -0.120. The van der Waals surface area contributed by atoms with E-state index in [1.807, 2.05) is 6.92 Å². The molecule has 3 heteroatoms. The molecule has 1 fully saturated rings. The van der Waals surface area contributed by atoms with Crippen molar-refractivity contribution in [2.24, 2.45) is 0 Å². The lowest BCUT2D eigenvalue weighted by molar-refractivity contribution is -0.204. The summed E-state index contributed by atoms with van der Waals surface area (Å²) in [5, 5.41) is 9.71. The van der Waals surface area contributed by atoms with Gasteiger partial charge in [0.25, 0.3) is 0 Å². The molecule has 1 aliphatic heterocycles. The first-order valence-corrected chi connectivity index (χ1v) is 4.07. The van der Waals surface area contributed by atoms with Crippen molar-refractivity contribution in [3.8, 4) is 0 Å². The maximum absolute atomic E-state index is 9.71. The largest absolute Gasteiger partial charge is 0.387 e. The SMILES string of the molecule is CCC1(O)CCC(OC)OC1. The number of ether oxygens (including phenoxy) is 2. The highest BCUT2D eigenvalue weighted by Crippen LogP contribution is 2.25. The molecule has 1 heterocycles.